The average Bonchev–Trinajstić information content (AvgIpc) is 3.48. The number of hydrogen-bond donors (Lipinski definition) is 9. The third-order valence-corrected chi connectivity index (χ3v) is 15.6. The number of nitrogens with one attached hydrogen (secondary N) is 1. The van der Waals surface area contributed by atoms with Crippen LogP contribution in [0.15, 0.2) is 48.6 Å². The van der Waals surface area contributed by atoms with Crippen LogP contribution in [0.1, 0.15) is 258 Å². The molecule has 0 aromatic rings. The summed E-state index contributed by atoms with van der Waals surface area (Å²) in [5, 5.41) is 87.4. The minimum Gasteiger partial charge on any atom is -0.394 e. The van der Waals surface area contributed by atoms with Gasteiger partial charge in [0.2, 0.25) is 5.91 Å². The summed E-state index contributed by atoms with van der Waals surface area (Å²) in [6.45, 7) is 2.76. The molecule has 0 aromatic carbocycles. The molecule has 2 aliphatic heterocycles. The number of ether oxygens (including phenoxy) is 4. The number of amides is 1. The van der Waals surface area contributed by atoms with E-state index in [9.17, 15) is 45.6 Å². The number of carbonyl (C=O) groups is 1. The van der Waals surface area contributed by atoms with Gasteiger partial charge in [0.15, 0.2) is 12.6 Å². The van der Waals surface area contributed by atoms with E-state index in [1.165, 1.54) is 135 Å². The van der Waals surface area contributed by atoms with Crippen molar-refractivity contribution < 1.29 is 64.6 Å². The molecule has 0 saturated carbocycles. The normalized spacial score (nSPS) is 24.8. The van der Waals surface area contributed by atoms with E-state index < -0.39 is 86.8 Å². The molecule has 2 heterocycles. The lowest BCUT2D eigenvalue weighted by atomic mass is 9.97. The van der Waals surface area contributed by atoms with Crippen molar-refractivity contribution in [1.29, 1.82) is 0 Å². The van der Waals surface area contributed by atoms with E-state index in [0.29, 0.717) is 12.8 Å². The van der Waals surface area contributed by atoms with Crippen LogP contribution in [-0.2, 0) is 23.7 Å². The largest absolute Gasteiger partial charge is 0.394 e. The van der Waals surface area contributed by atoms with Crippen molar-refractivity contribution in [2.75, 3.05) is 19.8 Å². The third-order valence-electron chi connectivity index (χ3n) is 15.6. The molecule has 12 atom stereocenters. The molecule has 2 rings (SSSR count). The summed E-state index contributed by atoms with van der Waals surface area (Å²) >= 11 is 0. The van der Waals surface area contributed by atoms with Crippen molar-refractivity contribution in [3.8, 4) is 0 Å². The number of carbonyl (C=O) groups excluding carboxylic acids is 1. The molecule has 1 amide bonds. The molecule has 0 radical (unpaired) electrons. The second kappa shape index (κ2) is 49.5. The van der Waals surface area contributed by atoms with E-state index in [1.54, 1.807) is 0 Å². The van der Waals surface area contributed by atoms with Crippen LogP contribution in [0, 0.1) is 0 Å². The molecule has 2 saturated heterocycles. The van der Waals surface area contributed by atoms with Gasteiger partial charge in [0, 0.05) is 6.42 Å². The fourth-order valence-corrected chi connectivity index (χ4v) is 10.5. The Morgan fingerprint density at radius 3 is 1.36 bits per heavy atom. The monoisotopic (exact) mass is 1110 g/mol. The minimum atomic E-state index is -1.79. The van der Waals surface area contributed by atoms with Gasteiger partial charge in [-0.2, -0.15) is 0 Å². The van der Waals surface area contributed by atoms with Crippen molar-refractivity contribution >= 4 is 5.91 Å². The zero-order valence-electron chi connectivity index (χ0n) is 49.2. The summed E-state index contributed by atoms with van der Waals surface area (Å²) in [5.74, 6) is -0.219. The van der Waals surface area contributed by atoms with Crippen LogP contribution in [0.5, 0.6) is 0 Å². The van der Waals surface area contributed by atoms with Gasteiger partial charge in [-0.3, -0.25) is 4.79 Å². The maximum absolute atomic E-state index is 13.3. The molecular weight excluding hydrogens is 991 g/mol. The number of allylic oxidation sites excluding steroid dienone is 8. The summed E-state index contributed by atoms with van der Waals surface area (Å²) < 4.78 is 22.9. The summed E-state index contributed by atoms with van der Waals surface area (Å²) in [6, 6.07) is -0.839. The summed E-state index contributed by atoms with van der Waals surface area (Å²) in [6.07, 6.45) is 45.4. The predicted octanol–water partition coefficient (Wildman–Crippen LogP) is 11.6. The van der Waals surface area contributed by atoms with Crippen LogP contribution in [-0.4, -0.2) is 140 Å². The van der Waals surface area contributed by atoms with Crippen LogP contribution in [0.4, 0.5) is 0 Å². The van der Waals surface area contributed by atoms with Crippen molar-refractivity contribution in [2.24, 2.45) is 0 Å². The van der Waals surface area contributed by atoms with Gasteiger partial charge in [0.1, 0.15) is 48.8 Å². The van der Waals surface area contributed by atoms with Gasteiger partial charge in [-0.25, -0.2) is 0 Å². The minimum absolute atomic E-state index is 0.219. The number of hydrogen-bond acceptors (Lipinski definition) is 13. The zero-order valence-corrected chi connectivity index (χ0v) is 49.2. The highest BCUT2D eigenvalue weighted by Gasteiger charge is 2.51. The van der Waals surface area contributed by atoms with Crippen LogP contribution in [0.25, 0.3) is 0 Å². The summed E-state index contributed by atoms with van der Waals surface area (Å²) in [5.41, 5.74) is 0. The predicted molar refractivity (Wildman–Crippen MR) is 314 cm³/mol. The Kier molecular flexibility index (Phi) is 45.8. The Hall–Kier alpha value is -2.05. The first-order valence-corrected chi connectivity index (χ1v) is 31.9. The van der Waals surface area contributed by atoms with E-state index >= 15 is 0 Å². The van der Waals surface area contributed by atoms with Gasteiger partial charge in [-0.1, -0.05) is 249 Å². The lowest BCUT2D eigenvalue weighted by Crippen LogP contribution is -2.65. The molecule has 456 valence electrons. The van der Waals surface area contributed by atoms with Crippen molar-refractivity contribution in [3.05, 3.63) is 48.6 Å². The Balaban J connectivity index is 1.72. The van der Waals surface area contributed by atoms with Gasteiger partial charge in [-0.15, -0.1) is 0 Å². The molecule has 0 spiro atoms. The Labute approximate surface area is 473 Å². The number of unbranched alkanes of at least 4 members (excludes halogenated alkanes) is 30. The molecule has 2 aliphatic rings. The average molecular weight is 1110 g/mol. The fraction of sp³-hybridized carbons (Fsp3) is 0.859. The Morgan fingerprint density at radius 1 is 0.474 bits per heavy atom. The van der Waals surface area contributed by atoms with Crippen molar-refractivity contribution in [3.63, 3.8) is 0 Å². The number of aliphatic hydroxyl groups is 8. The van der Waals surface area contributed by atoms with E-state index in [1.807, 2.05) is 0 Å². The summed E-state index contributed by atoms with van der Waals surface area (Å²) in [7, 11) is 0. The van der Waals surface area contributed by atoms with E-state index in [2.05, 4.69) is 67.8 Å². The van der Waals surface area contributed by atoms with Gasteiger partial charge in [0.25, 0.3) is 0 Å². The van der Waals surface area contributed by atoms with Gasteiger partial charge in [0.05, 0.1) is 32.0 Å². The van der Waals surface area contributed by atoms with Crippen LogP contribution in [0.3, 0.4) is 0 Å². The molecule has 78 heavy (non-hydrogen) atoms. The maximum Gasteiger partial charge on any atom is 0.220 e. The Bertz CT molecular complexity index is 1490. The molecule has 14 nitrogen and oxygen atoms in total. The molecule has 14 heteroatoms. The highest BCUT2D eigenvalue weighted by atomic mass is 16.7. The third kappa shape index (κ3) is 34.4. The van der Waals surface area contributed by atoms with Gasteiger partial charge < -0.3 is 65.1 Å². The molecule has 0 bridgehead atoms. The number of aliphatic hydroxyl groups excluding tert-OH is 8. The maximum atomic E-state index is 13.3. The molecular formula is C64H117NO13. The molecule has 9 N–H and O–H groups in total. The van der Waals surface area contributed by atoms with Gasteiger partial charge in [-0.05, 0) is 51.4 Å². The van der Waals surface area contributed by atoms with E-state index in [-0.39, 0.29) is 18.9 Å². The second-order valence-electron chi connectivity index (χ2n) is 22.5. The quantitative estimate of drug-likeness (QED) is 0.0204. The van der Waals surface area contributed by atoms with Crippen LogP contribution in [0.2, 0.25) is 0 Å². The van der Waals surface area contributed by atoms with Crippen LogP contribution < -0.4 is 5.32 Å². The first-order valence-electron chi connectivity index (χ1n) is 31.9. The first kappa shape index (κ1) is 72.1. The summed E-state index contributed by atoms with van der Waals surface area (Å²) in [4.78, 5) is 13.3. The standard InChI is InChI=1S/C64H117NO13/c1-3-5-7-9-11-13-15-17-19-21-23-24-25-26-27-28-30-31-33-35-37-39-41-43-45-47-53(68)52(65-56(69)48-46-44-42-40-38-36-34-32-29-22-20-18-16-14-12-10-8-6-4-2)51-75-63-61(74)59(72)62(55(50-67)77-63)78-64-60(73)58(71)57(70)54(49-66)76-64/h6,8,12,14,18,20,29,32,52-55,57-64,66-68,70-74H,3-5,7,9-11,13,15-17,19,21-28,30-31,33-51H2,1-2H3,(H,65,69)/b8-6-,14-12-,20-18-,32-29-. The molecule has 0 aliphatic carbocycles. The number of rotatable bonds is 51. The lowest BCUT2D eigenvalue weighted by molar-refractivity contribution is -0.359. The first-order chi connectivity index (χ1) is 38.1. The zero-order chi connectivity index (χ0) is 56.7. The van der Waals surface area contributed by atoms with E-state index in [4.69, 9.17) is 18.9 Å². The molecule has 0 aromatic heterocycles. The topological polar surface area (TPSA) is 228 Å². The Morgan fingerprint density at radius 2 is 0.885 bits per heavy atom. The van der Waals surface area contributed by atoms with Crippen molar-refractivity contribution in [1.82, 2.24) is 5.32 Å². The molecule has 12 unspecified atom stereocenters. The molecule has 2 fully saturated rings. The highest BCUT2D eigenvalue weighted by Crippen LogP contribution is 2.30. The van der Waals surface area contributed by atoms with Gasteiger partial charge >= 0.3 is 0 Å². The van der Waals surface area contributed by atoms with E-state index in [0.717, 1.165) is 89.9 Å². The van der Waals surface area contributed by atoms with Crippen molar-refractivity contribution in [2.45, 2.75) is 331 Å². The lowest BCUT2D eigenvalue weighted by Gasteiger charge is -2.46. The SMILES string of the molecule is CC/C=C\C/C=C\C/C=C\C/C=C\CCCCCCCCC(=O)NC(COC1OC(CO)C(OC2OC(CO)C(O)C(O)C2O)C(O)C1O)C(O)CCCCCCCCCCCCCCCCCCCCCCCCCCC. The smallest absolute Gasteiger partial charge is 0.220 e. The highest BCUT2D eigenvalue weighted by molar-refractivity contribution is 5.76. The second-order valence-corrected chi connectivity index (χ2v) is 22.5. The fourth-order valence-electron chi connectivity index (χ4n) is 10.5. The van der Waals surface area contributed by atoms with Crippen LogP contribution >= 0.6 is 0 Å².